The third kappa shape index (κ3) is 13.7. The van der Waals surface area contributed by atoms with Crippen LogP contribution in [-0.4, -0.2) is 22.4 Å². The van der Waals surface area contributed by atoms with E-state index in [9.17, 15) is 0 Å². The van der Waals surface area contributed by atoms with Crippen molar-refractivity contribution < 1.29 is 4.58 Å². The average Bonchev–Trinajstić information content (AvgIpc) is 3.57. The lowest BCUT2D eigenvalue weighted by molar-refractivity contribution is -0.479. The van der Waals surface area contributed by atoms with Gasteiger partial charge < -0.3 is 4.90 Å². The Morgan fingerprint density at radius 3 is 1.49 bits per heavy atom. The molecule has 2 aromatic carbocycles. The van der Waals surface area contributed by atoms with Crippen LogP contribution in [0.3, 0.4) is 0 Å². The van der Waals surface area contributed by atoms with Crippen LogP contribution < -0.4 is 4.90 Å². The van der Waals surface area contributed by atoms with E-state index in [2.05, 4.69) is 132 Å². The number of hydrogen-bond acceptors (Lipinski definition) is 1. The molecule has 0 aliphatic carbocycles. The Balaban J connectivity index is 1.38. The molecule has 4 rings (SSSR count). The first-order chi connectivity index (χ1) is 27.7. The fourth-order valence-electron chi connectivity index (χ4n) is 10.1. The number of nitrogens with zero attached hydrogens (tertiary/aromatic N) is 2. The predicted octanol–water partition coefficient (Wildman–Crippen LogP) is 17.3. The molecule has 0 spiro atoms. The first-order valence-corrected chi connectivity index (χ1v) is 24.7. The van der Waals surface area contributed by atoms with Crippen molar-refractivity contribution >= 4 is 17.1 Å². The van der Waals surface area contributed by atoms with Crippen LogP contribution in [0, 0.1) is 0 Å². The lowest BCUT2D eigenvalue weighted by Gasteiger charge is -2.32. The van der Waals surface area contributed by atoms with Gasteiger partial charge in [-0.05, 0) is 58.2 Å². The van der Waals surface area contributed by atoms with Gasteiger partial charge in [0.2, 0.25) is 5.69 Å². The van der Waals surface area contributed by atoms with Crippen LogP contribution in [0.1, 0.15) is 233 Å². The van der Waals surface area contributed by atoms with Crippen molar-refractivity contribution in [2.24, 2.45) is 0 Å². The molecule has 2 heterocycles. The number of hydrogen-bond donors (Lipinski definition) is 0. The standard InChI is InChI=1S/C55H89N2/c1-9-11-13-15-17-19-21-23-25-27-29-31-38-46(3)56-50-42-35-33-40-48(50)54(5,6)52(56)44-37-45-53-55(7,8)49-41-34-36-43-51(49)57(53)47(4)39-32-30-28-26-24-22-20-18-16-14-12-10-2/h33-37,40-47H,9-32,38-39H2,1-8H3/q+1. The summed E-state index contributed by atoms with van der Waals surface area (Å²) in [5.41, 5.74) is 8.56. The van der Waals surface area contributed by atoms with Crippen LogP contribution in [0.2, 0.25) is 0 Å². The number of unbranched alkanes of at least 4 members (excludes halogenated alkanes) is 22. The monoisotopic (exact) mass is 778 g/mol. The van der Waals surface area contributed by atoms with Gasteiger partial charge >= 0.3 is 0 Å². The molecule has 0 radical (unpaired) electrons. The second-order valence-corrected chi connectivity index (χ2v) is 19.4. The molecule has 0 bridgehead atoms. The van der Waals surface area contributed by atoms with Crippen molar-refractivity contribution in [1.82, 2.24) is 0 Å². The molecule has 0 aromatic heterocycles. The molecular formula is C55H89N2+. The highest BCUT2D eigenvalue weighted by atomic mass is 15.2. The maximum absolute atomic E-state index is 2.70. The average molecular weight is 778 g/mol. The summed E-state index contributed by atoms with van der Waals surface area (Å²) in [4.78, 5) is 2.70. The molecule has 0 amide bonds. The summed E-state index contributed by atoms with van der Waals surface area (Å²) in [5, 5.41) is 0. The molecule has 0 N–H and O–H groups in total. The second-order valence-electron chi connectivity index (χ2n) is 19.4. The smallest absolute Gasteiger partial charge is 0.209 e. The van der Waals surface area contributed by atoms with Gasteiger partial charge in [0, 0.05) is 47.0 Å². The third-order valence-corrected chi connectivity index (χ3v) is 13.8. The quantitative estimate of drug-likeness (QED) is 0.0566. The number of allylic oxidation sites excluding steroid dienone is 4. The minimum absolute atomic E-state index is 0.0355. The number of benzene rings is 2. The molecule has 2 heteroatoms. The Kier molecular flexibility index (Phi) is 20.7. The lowest BCUT2D eigenvalue weighted by atomic mass is 9.81. The first-order valence-electron chi connectivity index (χ1n) is 24.7. The van der Waals surface area contributed by atoms with E-state index in [1.165, 1.54) is 201 Å². The van der Waals surface area contributed by atoms with E-state index < -0.39 is 0 Å². The largest absolute Gasteiger partial charge is 0.341 e. The molecular weight excluding hydrogens is 689 g/mol. The maximum atomic E-state index is 2.70. The minimum Gasteiger partial charge on any atom is -0.341 e. The van der Waals surface area contributed by atoms with Gasteiger partial charge in [0.1, 0.15) is 0 Å². The van der Waals surface area contributed by atoms with Crippen molar-refractivity contribution in [3.8, 4) is 0 Å². The van der Waals surface area contributed by atoms with Crippen LogP contribution >= 0.6 is 0 Å². The maximum Gasteiger partial charge on any atom is 0.209 e. The second kappa shape index (κ2) is 25.1. The molecule has 2 atom stereocenters. The van der Waals surface area contributed by atoms with Gasteiger partial charge in [-0.25, -0.2) is 0 Å². The highest BCUT2D eigenvalue weighted by Gasteiger charge is 2.46. The van der Waals surface area contributed by atoms with E-state index in [-0.39, 0.29) is 10.8 Å². The topological polar surface area (TPSA) is 6.25 Å². The van der Waals surface area contributed by atoms with E-state index >= 15 is 0 Å². The molecule has 2 aliphatic rings. The van der Waals surface area contributed by atoms with Crippen molar-refractivity contribution in [2.45, 2.75) is 245 Å². The molecule has 57 heavy (non-hydrogen) atoms. The number of anilines is 1. The van der Waals surface area contributed by atoms with Gasteiger partial charge in [0.05, 0.1) is 5.41 Å². The zero-order chi connectivity index (χ0) is 40.9. The zero-order valence-corrected chi connectivity index (χ0v) is 38.8. The molecule has 2 nitrogen and oxygen atoms in total. The summed E-state index contributed by atoms with van der Waals surface area (Å²) in [6.45, 7) is 19.3. The Labute approximate surface area is 354 Å². The summed E-state index contributed by atoms with van der Waals surface area (Å²) in [7, 11) is 0. The van der Waals surface area contributed by atoms with Crippen molar-refractivity contribution in [1.29, 1.82) is 0 Å². The van der Waals surface area contributed by atoms with Gasteiger partial charge in [-0.3, -0.25) is 0 Å². The van der Waals surface area contributed by atoms with Gasteiger partial charge in [0.25, 0.3) is 0 Å². The number of rotatable bonds is 30. The van der Waals surface area contributed by atoms with E-state index in [1.54, 1.807) is 0 Å². The van der Waals surface area contributed by atoms with E-state index in [1.807, 2.05) is 0 Å². The normalized spacial score (nSPS) is 17.5. The molecule has 318 valence electrons. The van der Waals surface area contributed by atoms with Gasteiger partial charge in [-0.2, -0.15) is 4.58 Å². The van der Waals surface area contributed by atoms with Crippen molar-refractivity contribution in [2.75, 3.05) is 4.90 Å². The predicted molar refractivity (Wildman–Crippen MR) is 254 cm³/mol. The molecule has 2 aliphatic heterocycles. The molecule has 0 fully saturated rings. The minimum atomic E-state index is -0.0355. The van der Waals surface area contributed by atoms with Crippen molar-refractivity contribution in [3.05, 3.63) is 83.6 Å². The fraction of sp³-hybridized carbons (Fsp3) is 0.691. The van der Waals surface area contributed by atoms with Gasteiger partial charge in [0.15, 0.2) is 11.8 Å². The van der Waals surface area contributed by atoms with E-state index in [0.29, 0.717) is 12.1 Å². The fourth-order valence-corrected chi connectivity index (χ4v) is 10.1. The Hall–Kier alpha value is -2.61. The summed E-state index contributed by atoms with van der Waals surface area (Å²) in [5.74, 6) is 0. The first kappa shape index (κ1) is 47.1. The van der Waals surface area contributed by atoms with E-state index in [0.717, 1.165) is 0 Å². The van der Waals surface area contributed by atoms with Crippen LogP contribution in [0.25, 0.3) is 0 Å². The number of para-hydroxylation sites is 2. The molecule has 0 saturated heterocycles. The molecule has 2 aromatic rings. The Morgan fingerprint density at radius 2 is 0.965 bits per heavy atom. The number of fused-ring (bicyclic) bond motifs is 2. The van der Waals surface area contributed by atoms with Crippen LogP contribution in [-0.2, 0) is 10.8 Å². The van der Waals surface area contributed by atoms with Crippen LogP contribution in [0.4, 0.5) is 11.4 Å². The Bertz CT molecular complexity index is 1520. The highest BCUT2D eigenvalue weighted by molar-refractivity contribution is 6.03. The van der Waals surface area contributed by atoms with Gasteiger partial charge in [-0.1, -0.05) is 218 Å². The summed E-state index contributed by atoms with van der Waals surface area (Å²) in [6.07, 6.45) is 43.5. The zero-order valence-electron chi connectivity index (χ0n) is 38.8. The SMILES string of the molecule is CCCCCCCCCCCCCCC(C)N1C(=CC=CC2=[N+](C(C)CCCCCCCCCCCCCC)c3ccccc3C2(C)C)C(C)(C)c2ccccc21. The van der Waals surface area contributed by atoms with Crippen molar-refractivity contribution in [3.63, 3.8) is 0 Å². The summed E-state index contributed by atoms with van der Waals surface area (Å²) < 4.78 is 2.70. The van der Waals surface area contributed by atoms with Crippen LogP contribution in [0.15, 0.2) is 72.5 Å². The summed E-state index contributed by atoms with van der Waals surface area (Å²) in [6, 6.07) is 19.4. The van der Waals surface area contributed by atoms with Crippen LogP contribution in [0.5, 0.6) is 0 Å². The van der Waals surface area contributed by atoms with Gasteiger partial charge in [-0.15, -0.1) is 0 Å². The molecule has 2 unspecified atom stereocenters. The highest BCUT2D eigenvalue weighted by Crippen LogP contribution is 2.49. The Morgan fingerprint density at radius 1 is 0.526 bits per heavy atom. The van der Waals surface area contributed by atoms with E-state index in [4.69, 9.17) is 0 Å². The summed E-state index contributed by atoms with van der Waals surface area (Å²) >= 11 is 0. The lowest BCUT2D eigenvalue weighted by Crippen LogP contribution is -2.33. The third-order valence-electron chi connectivity index (χ3n) is 13.8. The molecule has 0 saturated carbocycles.